The molecule has 0 spiro atoms. The minimum absolute atomic E-state index is 0.184. The fourth-order valence-electron chi connectivity index (χ4n) is 4.07. The van der Waals surface area contributed by atoms with Crippen LogP contribution in [0.15, 0.2) is 0 Å². The van der Waals surface area contributed by atoms with E-state index >= 15 is 0 Å². The molecule has 3 atom stereocenters. The standard InChI is InChI=1S/C16H30N2O/c1-4-16(5-2)6-7-18(11-16)15(19)13-8-12(3)9-14(17)10-13/h12-14H,4-11,17H2,1-3H3. The first-order valence-electron chi connectivity index (χ1n) is 8.04. The molecule has 2 N–H and O–H groups in total. The van der Waals surface area contributed by atoms with E-state index in [1.54, 1.807) is 0 Å². The molecule has 0 bridgehead atoms. The van der Waals surface area contributed by atoms with Gasteiger partial charge in [0.1, 0.15) is 0 Å². The molecular formula is C16H30N2O. The molecule has 0 aromatic heterocycles. The third-order valence-electron chi connectivity index (χ3n) is 5.58. The van der Waals surface area contributed by atoms with Gasteiger partial charge in [-0.05, 0) is 49.9 Å². The average molecular weight is 266 g/mol. The lowest BCUT2D eigenvalue weighted by molar-refractivity contribution is -0.136. The Morgan fingerprint density at radius 3 is 2.47 bits per heavy atom. The highest BCUT2D eigenvalue weighted by Gasteiger charge is 2.40. The Balaban J connectivity index is 1.97. The molecule has 1 aliphatic heterocycles. The summed E-state index contributed by atoms with van der Waals surface area (Å²) in [6.07, 6.45) is 6.57. The lowest BCUT2D eigenvalue weighted by atomic mass is 9.79. The largest absolute Gasteiger partial charge is 0.342 e. The van der Waals surface area contributed by atoms with E-state index in [1.807, 2.05) is 0 Å². The summed E-state index contributed by atoms with van der Waals surface area (Å²) in [6.45, 7) is 8.68. The van der Waals surface area contributed by atoms with E-state index in [0.29, 0.717) is 17.2 Å². The predicted molar refractivity (Wildman–Crippen MR) is 78.7 cm³/mol. The van der Waals surface area contributed by atoms with Crippen LogP contribution in [-0.2, 0) is 4.79 Å². The number of hydrogen-bond acceptors (Lipinski definition) is 2. The Morgan fingerprint density at radius 1 is 1.26 bits per heavy atom. The number of nitrogens with two attached hydrogens (primary N) is 1. The van der Waals surface area contributed by atoms with Crippen molar-refractivity contribution in [2.75, 3.05) is 13.1 Å². The number of hydrogen-bond donors (Lipinski definition) is 1. The van der Waals surface area contributed by atoms with Gasteiger partial charge in [0.2, 0.25) is 5.91 Å². The zero-order chi connectivity index (χ0) is 14.0. The molecular weight excluding hydrogens is 236 g/mol. The van der Waals surface area contributed by atoms with Crippen LogP contribution in [0.1, 0.15) is 59.3 Å². The number of carbonyl (C=O) groups is 1. The number of nitrogens with zero attached hydrogens (tertiary/aromatic N) is 1. The van der Waals surface area contributed by atoms with Crippen LogP contribution >= 0.6 is 0 Å². The SMILES string of the molecule is CCC1(CC)CCN(C(=O)C2CC(C)CC(N)C2)C1. The van der Waals surface area contributed by atoms with Gasteiger partial charge >= 0.3 is 0 Å². The fourth-order valence-corrected chi connectivity index (χ4v) is 4.07. The number of carbonyl (C=O) groups excluding carboxylic acids is 1. The van der Waals surface area contributed by atoms with Gasteiger partial charge in [0.25, 0.3) is 0 Å². The van der Waals surface area contributed by atoms with Crippen molar-refractivity contribution in [2.45, 2.75) is 65.3 Å². The molecule has 3 heteroatoms. The molecule has 1 saturated carbocycles. The van der Waals surface area contributed by atoms with Crippen molar-refractivity contribution < 1.29 is 4.79 Å². The molecule has 110 valence electrons. The summed E-state index contributed by atoms with van der Waals surface area (Å²) in [5, 5.41) is 0. The minimum Gasteiger partial charge on any atom is -0.342 e. The summed E-state index contributed by atoms with van der Waals surface area (Å²) in [7, 11) is 0. The number of rotatable bonds is 3. The molecule has 1 aliphatic carbocycles. The summed E-state index contributed by atoms with van der Waals surface area (Å²) in [5.74, 6) is 1.16. The lowest BCUT2D eigenvalue weighted by Crippen LogP contribution is -2.42. The van der Waals surface area contributed by atoms with Crippen molar-refractivity contribution in [3.63, 3.8) is 0 Å². The molecule has 3 unspecified atom stereocenters. The molecule has 2 rings (SSSR count). The average Bonchev–Trinajstić information content (AvgIpc) is 2.82. The Kier molecular flexibility index (Phi) is 4.54. The monoisotopic (exact) mass is 266 g/mol. The Hall–Kier alpha value is -0.570. The summed E-state index contributed by atoms with van der Waals surface area (Å²) in [6, 6.07) is 0.224. The second kappa shape index (κ2) is 5.82. The molecule has 0 aromatic rings. The van der Waals surface area contributed by atoms with E-state index in [0.717, 1.165) is 32.4 Å². The topological polar surface area (TPSA) is 46.3 Å². The highest BCUT2D eigenvalue weighted by atomic mass is 16.2. The highest BCUT2D eigenvalue weighted by molar-refractivity contribution is 5.79. The highest BCUT2D eigenvalue weighted by Crippen LogP contribution is 2.39. The van der Waals surface area contributed by atoms with Crippen LogP contribution in [-0.4, -0.2) is 29.9 Å². The fraction of sp³-hybridized carbons (Fsp3) is 0.938. The van der Waals surface area contributed by atoms with Crippen LogP contribution in [0.5, 0.6) is 0 Å². The Labute approximate surface area is 117 Å². The van der Waals surface area contributed by atoms with Crippen molar-refractivity contribution in [3.8, 4) is 0 Å². The van der Waals surface area contributed by atoms with Crippen LogP contribution in [0.25, 0.3) is 0 Å². The van der Waals surface area contributed by atoms with E-state index in [-0.39, 0.29) is 12.0 Å². The number of amides is 1. The summed E-state index contributed by atoms with van der Waals surface area (Å²) in [5.41, 5.74) is 6.47. The van der Waals surface area contributed by atoms with Gasteiger partial charge in [-0.1, -0.05) is 20.8 Å². The van der Waals surface area contributed by atoms with E-state index < -0.39 is 0 Å². The lowest BCUT2D eigenvalue weighted by Gasteiger charge is -2.33. The van der Waals surface area contributed by atoms with Crippen molar-refractivity contribution in [3.05, 3.63) is 0 Å². The molecule has 19 heavy (non-hydrogen) atoms. The van der Waals surface area contributed by atoms with Crippen molar-refractivity contribution in [1.29, 1.82) is 0 Å². The molecule has 1 amide bonds. The molecule has 2 fully saturated rings. The molecule has 1 saturated heterocycles. The third-order valence-corrected chi connectivity index (χ3v) is 5.58. The zero-order valence-corrected chi connectivity index (χ0v) is 12.8. The predicted octanol–water partition coefficient (Wildman–Crippen LogP) is 2.79. The van der Waals surface area contributed by atoms with E-state index in [2.05, 4.69) is 25.7 Å². The van der Waals surface area contributed by atoms with Gasteiger partial charge in [-0.3, -0.25) is 4.79 Å². The maximum Gasteiger partial charge on any atom is 0.225 e. The summed E-state index contributed by atoms with van der Waals surface area (Å²) < 4.78 is 0. The first-order chi connectivity index (χ1) is 8.99. The smallest absolute Gasteiger partial charge is 0.225 e. The maximum atomic E-state index is 12.7. The van der Waals surface area contributed by atoms with Crippen LogP contribution in [0, 0.1) is 17.3 Å². The van der Waals surface area contributed by atoms with Crippen LogP contribution in [0.4, 0.5) is 0 Å². The molecule has 2 aliphatic rings. The first-order valence-corrected chi connectivity index (χ1v) is 8.04. The second-order valence-electron chi connectivity index (χ2n) is 6.99. The van der Waals surface area contributed by atoms with Gasteiger partial charge in [0.05, 0.1) is 0 Å². The van der Waals surface area contributed by atoms with E-state index in [1.165, 1.54) is 19.3 Å². The van der Waals surface area contributed by atoms with Crippen LogP contribution in [0.2, 0.25) is 0 Å². The van der Waals surface area contributed by atoms with E-state index in [4.69, 9.17) is 5.73 Å². The quantitative estimate of drug-likeness (QED) is 0.854. The van der Waals surface area contributed by atoms with Crippen molar-refractivity contribution in [1.82, 2.24) is 4.90 Å². The van der Waals surface area contributed by atoms with Gasteiger partial charge in [0.15, 0.2) is 0 Å². The Morgan fingerprint density at radius 2 is 1.95 bits per heavy atom. The van der Waals surface area contributed by atoms with Crippen molar-refractivity contribution >= 4 is 5.91 Å². The minimum atomic E-state index is 0.184. The second-order valence-corrected chi connectivity index (χ2v) is 6.99. The third kappa shape index (κ3) is 3.13. The maximum absolute atomic E-state index is 12.7. The summed E-state index contributed by atoms with van der Waals surface area (Å²) in [4.78, 5) is 14.8. The molecule has 0 aromatic carbocycles. The van der Waals surface area contributed by atoms with Crippen molar-refractivity contribution in [2.24, 2.45) is 23.0 Å². The first kappa shape index (κ1) is 14.8. The van der Waals surface area contributed by atoms with Gasteiger partial charge in [-0.2, -0.15) is 0 Å². The van der Waals surface area contributed by atoms with Gasteiger partial charge in [-0.15, -0.1) is 0 Å². The zero-order valence-electron chi connectivity index (χ0n) is 12.8. The van der Waals surface area contributed by atoms with Gasteiger partial charge in [-0.25, -0.2) is 0 Å². The van der Waals surface area contributed by atoms with Gasteiger partial charge < -0.3 is 10.6 Å². The van der Waals surface area contributed by atoms with E-state index in [9.17, 15) is 4.79 Å². The molecule has 0 radical (unpaired) electrons. The normalized spacial score (nSPS) is 34.5. The molecule has 3 nitrogen and oxygen atoms in total. The number of likely N-dealkylation sites (tertiary alicyclic amines) is 1. The summed E-state index contributed by atoms with van der Waals surface area (Å²) >= 11 is 0. The molecule has 1 heterocycles. The van der Waals surface area contributed by atoms with Crippen LogP contribution < -0.4 is 5.73 Å². The van der Waals surface area contributed by atoms with Crippen LogP contribution in [0.3, 0.4) is 0 Å². The Bertz CT molecular complexity index is 315. The van der Waals surface area contributed by atoms with Gasteiger partial charge in [0, 0.05) is 25.0 Å².